The molecule has 0 spiro atoms. The van der Waals surface area contributed by atoms with Crippen LogP contribution < -0.4 is 19.1 Å². The third-order valence-corrected chi connectivity index (χ3v) is 5.67. The molecule has 5 rings (SSSR count). The predicted molar refractivity (Wildman–Crippen MR) is 121 cm³/mol. The summed E-state index contributed by atoms with van der Waals surface area (Å²) in [5.74, 6) is 1.44. The zero-order valence-electron chi connectivity index (χ0n) is 19.2. The number of aromatic nitrogens is 2. The number of ether oxygens (including phenoxy) is 3. The number of anilines is 1. The number of hydrogen-bond acceptors (Lipinski definition) is 11. The Balaban J connectivity index is 1.32. The van der Waals surface area contributed by atoms with Gasteiger partial charge < -0.3 is 18.7 Å². The van der Waals surface area contributed by atoms with Crippen molar-refractivity contribution in [1.82, 2.24) is 15.1 Å². The van der Waals surface area contributed by atoms with Crippen molar-refractivity contribution in [3.8, 4) is 28.6 Å². The molecular weight excluding hydrogens is 456 g/mol. The average Bonchev–Trinajstić information content (AvgIpc) is 3.57. The molecule has 0 radical (unpaired) electrons. The second kappa shape index (κ2) is 9.05. The van der Waals surface area contributed by atoms with Crippen molar-refractivity contribution in [1.29, 1.82) is 0 Å². The number of benzene rings is 2. The number of hydrogen-bond donors (Lipinski definition) is 0. The summed E-state index contributed by atoms with van der Waals surface area (Å²) in [6.07, 6.45) is 0. The molecule has 2 aliphatic rings. The van der Waals surface area contributed by atoms with Gasteiger partial charge in [-0.2, -0.15) is 10.1 Å². The second-order valence-electron chi connectivity index (χ2n) is 7.71. The first kappa shape index (κ1) is 22.3. The summed E-state index contributed by atoms with van der Waals surface area (Å²) in [7, 11) is 3.09. The third-order valence-electron chi connectivity index (χ3n) is 5.67. The monoisotopic (exact) mass is 478 g/mol. The fourth-order valence-electron chi connectivity index (χ4n) is 4.02. The van der Waals surface area contributed by atoms with Crippen molar-refractivity contribution in [3.63, 3.8) is 0 Å². The molecule has 35 heavy (non-hydrogen) atoms. The van der Waals surface area contributed by atoms with E-state index in [0.29, 0.717) is 40.9 Å². The molecule has 2 unspecified atom stereocenters. The van der Waals surface area contributed by atoms with E-state index >= 15 is 0 Å². The van der Waals surface area contributed by atoms with E-state index in [9.17, 15) is 9.59 Å². The first-order valence-electron chi connectivity index (χ1n) is 10.9. The minimum atomic E-state index is -0.928. The van der Waals surface area contributed by atoms with Gasteiger partial charge in [-0.25, -0.2) is 4.90 Å². The number of fused-ring (bicyclic) bond motifs is 1. The maximum Gasteiger partial charge on any atom is 0.263 e. The van der Waals surface area contributed by atoms with Gasteiger partial charge in [0, 0.05) is 5.56 Å². The van der Waals surface area contributed by atoms with Gasteiger partial charge in [-0.1, -0.05) is 10.4 Å². The molecule has 12 nitrogen and oxygen atoms in total. The van der Waals surface area contributed by atoms with Crippen LogP contribution in [0, 0.1) is 0 Å². The fourth-order valence-corrected chi connectivity index (χ4v) is 4.02. The van der Waals surface area contributed by atoms with Gasteiger partial charge in [-0.15, -0.1) is 0 Å². The van der Waals surface area contributed by atoms with Gasteiger partial charge >= 0.3 is 0 Å². The molecule has 0 bridgehead atoms. The van der Waals surface area contributed by atoms with E-state index in [4.69, 9.17) is 18.7 Å². The molecule has 3 heterocycles. The normalized spacial score (nSPS) is 18.8. The summed E-state index contributed by atoms with van der Waals surface area (Å²) in [5.41, 5.74) is 1.11. The Kier molecular flexibility index (Phi) is 5.77. The number of imide groups is 1. The van der Waals surface area contributed by atoms with E-state index in [1.165, 1.54) is 12.1 Å². The van der Waals surface area contributed by atoms with Crippen LogP contribution in [-0.4, -0.2) is 59.9 Å². The molecule has 0 saturated carbocycles. The molecule has 1 saturated heterocycles. The minimum Gasteiger partial charge on any atom is -0.494 e. The lowest BCUT2D eigenvalue weighted by Crippen LogP contribution is -2.39. The Morgan fingerprint density at radius 1 is 1.00 bits per heavy atom. The number of carbonyl (C=O) groups is 2. The van der Waals surface area contributed by atoms with Gasteiger partial charge in [0.15, 0.2) is 23.6 Å². The lowest BCUT2D eigenvalue weighted by atomic mass is 10.1. The molecule has 0 N–H and O–H groups in total. The fraction of sp³-hybridized carbons (Fsp3) is 0.304. The van der Waals surface area contributed by atoms with Crippen LogP contribution in [0.15, 0.2) is 57.3 Å². The van der Waals surface area contributed by atoms with Crippen molar-refractivity contribution >= 4 is 17.5 Å². The van der Waals surface area contributed by atoms with E-state index in [1.54, 1.807) is 49.6 Å². The number of carbonyl (C=O) groups excluding carboxylic acids is 2. The summed E-state index contributed by atoms with van der Waals surface area (Å²) in [6.45, 7) is 2.41. The first-order chi connectivity index (χ1) is 17.0. The Bertz CT molecular complexity index is 1290. The van der Waals surface area contributed by atoms with Crippen molar-refractivity contribution < 1.29 is 28.3 Å². The first-order valence-corrected chi connectivity index (χ1v) is 10.9. The van der Waals surface area contributed by atoms with Crippen LogP contribution in [0.5, 0.6) is 17.2 Å². The Labute approximate surface area is 200 Å². The summed E-state index contributed by atoms with van der Waals surface area (Å²) < 4.78 is 21.4. The highest BCUT2D eigenvalue weighted by atomic mass is 16.5. The zero-order valence-corrected chi connectivity index (χ0v) is 19.2. The molecular formula is C23H22N6O6. The molecule has 180 valence electrons. The maximum absolute atomic E-state index is 13.2. The van der Waals surface area contributed by atoms with Crippen molar-refractivity contribution in [2.45, 2.75) is 25.6 Å². The molecule has 2 amide bonds. The quantitative estimate of drug-likeness (QED) is 0.448. The summed E-state index contributed by atoms with van der Waals surface area (Å²) in [4.78, 5) is 31.6. The van der Waals surface area contributed by atoms with Gasteiger partial charge in [0.2, 0.25) is 11.7 Å². The Hall–Kier alpha value is -4.48. The lowest BCUT2D eigenvalue weighted by molar-refractivity contribution is -0.123. The van der Waals surface area contributed by atoms with Gasteiger partial charge in [0.05, 0.1) is 26.5 Å². The molecule has 12 heteroatoms. The van der Waals surface area contributed by atoms with Crippen LogP contribution in [0.2, 0.25) is 0 Å². The summed E-state index contributed by atoms with van der Waals surface area (Å²) >= 11 is 0. The van der Waals surface area contributed by atoms with Crippen LogP contribution in [0.3, 0.4) is 0 Å². The Morgan fingerprint density at radius 2 is 1.77 bits per heavy atom. The van der Waals surface area contributed by atoms with E-state index < -0.39 is 23.9 Å². The smallest absolute Gasteiger partial charge is 0.263 e. The predicted octanol–water partition coefficient (Wildman–Crippen LogP) is 2.65. The zero-order chi connectivity index (χ0) is 24.5. The maximum atomic E-state index is 13.2. The van der Waals surface area contributed by atoms with E-state index in [0.717, 1.165) is 4.90 Å². The SMILES string of the molecule is CCOc1ccc(N2C(=O)C3N=NN(Cc4nc(-c5ccc(OC)c(OC)c5)no4)C3C2=O)cc1. The highest BCUT2D eigenvalue weighted by Crippen LogP contribution is 2.34. The number of rotatable bonds is 8. The van der Waals surface area contributed by atoms with Gasteiger partial charge in [0.1, 0.15) is 12.3 Å². The molecule has 2 aliphatic heterocycles. The number of nitrogens with zero attached hydrogens (tertiary/aromatic N) is 6. The summed E-state index contributed by atoms with van der Waals surface area (Å²) in [5, 5.41) is 13.5. The lowest BCUT2D eigenvalue weighted by Gasteiger charge is -2.19. The molecule has 1 aromatic heterocycles. The topological polar surface area (TPSA) is 132 Å². The van der Waals surface area contributed by atoms with Gasteiger partial charge in [0.25, 0.3) is 11.8 Å². The van der Waals surface area contributed by atoms with Crippen LogP contribution in [0.4, 0.5) is 5.69 Å². The van der Waals surface area contributed by atoms with Crippen LogP contribution >= 0.6 is 0 Å². The van der Waals surface area contributed by atoms with Gasteiger partial charge in [-0.3, -0.25) is 14.6 Å². The van der Waals surface area contributed by atoms with Crippen LogP contribution in [-0.2, 0) is 16.1 Å². The summed E-state index contributed by atoms with van der Waals surface area (Å²) in [6, 6.07) is 10.2. The molecule has 3 aromatic rings. The molecule has 1 fully saturated rings. The van der Waals surface area contributed by atoms with Crippen molar-refractivity contribution in [2.24, 2.45) is 10.3 Å². The number of amides is 2. The van der Waals surface area contributed by atoms with Crippen molar-refractivity contribution in [2.75, 3.05) is 25.7 Å². The Morgan fingerprint density at radius 3 is 2.49 bits per heavy atom. The standard InChI is InChI=1S/C23H22N6O6/c1-4-34-15-8-6-14(7-9-15)29-22(30)19-20(23(29)31)28(27-25-19)12-18-24-21(26-35-18)13-5-10-16(32-2)17(11-13)33-3/h5-11,19-20H,4,12H2,1-3H3. The van der Waals surface area contributed by atoms with E-state index in [-0.39, 0.29) is 12.4 Å². The molecule has 2 atom stereocenters. The van der Waals surface area contributed by atoms with Crippen molar-refractivity contribution in [3.05, 3.63) is 48.4 Å². The largest absolute Gasteiger partial charge is 0.494 e. The van der Waals surface area contributed by atoms with Crippen LogP contribution in [0.1, 0.15) is 12.8 Å². The minimum absolute atomic E-state index is 0.0150. The molecule has 2 aromatic carbocycles. The average molecular weight is 478 g/mol. The number of methoxy groups -OCH3 is 2. The molecule has 0 aliphatic carbocycles. The van der Waals surface area contributed by atoms with Crippen LogP contribution in [0.25, 0.3) is 11.4 Å². The van der Waals surface area contributed by atoms with Gasteiger partial charge in [-0.05, 0) is 49.4 Å². The third kappa shape index (κ3) is 3.92. The van der Waals surface area contributed by atoms with E-state index in [2.05, 4.69) is 20.5 Å². The second-order valence-corrected chi connectivity index (χ2v) is 7.71. The highest BCUT2D eigenvalue weighted by molar-refractivity contribution is 6.25. The highest BCUT2D eigenvalue weighted by Gasteiger charge is 2.55. The van der Waals surface area contributed by atoms with E-state index in [1.807, 2.05) is 6.92 Å².